The van der Waals surface area contributed by atoms with Crippen molar-refractivity contribution in [3.05, 3.63) is 47.5 Å². The molecule has 1 N–H and O–H groups in total. The molecule has 158 valence electrons. The van der Waals surface area contributed by atoms with Crippen molar-refractivity contribution in [2.75, 3.05) is 19.1 Å². The molecule has 1 aliphatic rings. The average molecular weight is 408 g/mol. The van der Waals surface area contributed by atoms with Gasteiger partial charge in [-0.05, 0) is 37.8 Å². The summed E-state index contributed by atoms with van der Waals surface area (Å²) in [6.45, 7) is 4.05. The van der Waals surface area contributed by atoms with E-state index < -0.39 is 0 Å². The number of amides is 1. The second-order valence-corrected chi connectivity index (χ2v) is 8.07. The van der Waals surface area contributed by atoms with Crippen LogP contribution in [0.1, 0.15) is 67.2 Å². The minimum atomic E-state index is -0.112. The molecule has 0 spiro atoms. The van der Waals surface area contributed by atoms with E-state index in [1.807, 2.05) is 26.0 Å². The van der Waals surface area contributed by atoms with Gasteiger partial charge in [0.1, 0.15) is 17.6 Å². The highest BCUT2D eigenvalue weighted by Crippen LogP contribution is 2.30. The normalized spacial score (nSPS) is 18.5. The summed E-state index contributed by atoms with van der Waals surface area (Å²) in [6.07, 6.45) is 7.00. The fourth-order valence-electron chi connectivity index (χ4n) is 3.83. The molecular weight excluding hydrogens is 378 g/mol. The number of ether oxygens (including phenoxy) is 1. The molecule has 1 amide bonds. The van der Waals surface area contributed by atoms with Crippen molar-refractivity contribution in [1.82, 2.24) is 15.3 Å². The van der Waals surface area contributed by atoms with E-state index in [2.05, 4.69) is 33.3 Å². The van der Waals surface area contributed by atoms with Crippen molar-refractivity contribution >= 4 is 11.6 Å². The van der Waals surface area contributed by atoms with Crippen LogP contribution in [0.25, 0.3) is 0 Å². The molecule has 0 bridgehead atoms. The summed E-state index contributed by atoms with van der Waals surface area (Å²) in [5.74, 6) is 1.47. The fraction of sp³-hybridized carbons (Fsp3) is 0.478. The van der Waals surface area contributed by atoms with E-state index in [1.165, 1.54) is 0 Å². The zero-order valence-corrected chi connectivity index (χ0v) is 18.1. The van der Waals surface area contributed by atoms with Crippen LogP contribution in [0.4, 0.5) is 5.69 Å². The maximum atomic E-state index is 12.5. The Kier molecular flexibility index (Phi) is 6.88. The summed E-state index contributed by atoms with van der Waals surface area (Å²) in [7, 11) is 3.65. The third-order valence-electron chi connectivity index (χ3n) is 5.74. The molecule has 0 saturated heterocycles. The number of hydrogen-bond donors (Lipinski definition) is 1. The monoisotopic (exact) mass is 407 g/mol. The zero-order chi connectivity index (χ0) is 21.7. The van der Waals surface area contributed by atoms with Gasteiger partial charge >= 0.3 is 0 Å². The lowest BCUT2D eigenvalue weighted by atomic mass is 9.90. The van der Waals surface area contributed by atoms with E-state index in [0.29, 0.717) is 22.9 Å². The van der Waals surface area contributed by atoms with Gasteiger partial charge in [0.2, 0.25) is 0 Å². The lowest BCUT2D eigenvalue weighted by Gasteiger charge is -2.36. The lowest BCUT2D eigenvalue weighted by molar-refractivity contribution is 0.0925. The summed E-state index contributed by atoms with van der Waals surface area (Å²) >= 11 is 0. The molecule has 30 heavy (non-hydrogen) atoms. The summed E-state index contributed by atoms with van der Waals surface area (Å²) in [6, 6.07) is 8.34. The number of nitrogens with zero attached hydrogens (tertiary/aromatic N) is 4. The van der Waals surface area contributed by atoms with Crippen LogP contribution in [0, 0.1) is 11.3 Å². The number of carbonyl (C=O) groups excluding carboxylic acids is 1. The van der Waals surface area contributed by atoms with Gasteiger partial charge in [0.25, 0.3) is 5.91 Å². The van der Waals surface area contributed by atoms with Crippen LogP contribution in [0.2, 0.25) is 0 Å². The highest BCUT2D eigenvalue weighted by Gasteiger charge is 2.26. The number of rotatable bonds is 6. The van der Waals surface area contributed by atoms with Gasteiger partial charge in [0.05, 0.1) is 18.2 Å². The number of hydrogen-bond acceptors (Lipinski definition) is 6. The molecule has 3 rings (SSSR count). The quantitative estimate of drug-likeness (QED) is 0.786. The second kappa shape index (κ2) is 9.57. The summed E-state index contributed by atoms with van der Waals surface area (Å²) in [4.78, 5) is 23.3. The van der Waals surface area contributed by atoms with E-state index in [9.17, 15) is 4.79 Å². The van der Waals surface area contributed by atoms with Crippen molar-refractivity contribution in [2.24, 2.45) is 0 Å². The molecule has 1 heterocycles. The first kappa shape index (κ1) is 21.6. The van der Waals surface area contributed by atoms with E-state index in [1.54, 1.807) is 25.6 Å². The van der Waals surface area contributed by atoms with Crippen molar-refractivity contribution in [1.29, 1.82) is 5.26 Å². The van der Waals surface area contributed by atoms with E-state index in [0.717, 1.165) is 37.2 Å². The summed E-state index contributed by atoms with van der Waals surface area (Å²) in [5.41, 5.74) is 2.07. The van der Waals surface area contributed by atoms with E-state index in [-0.39, 0.29) is 17.9 Å². The van der Waals surface area contributed by atoms with Crippen molar-refractivity contribution in [3.8, 4) is 11.8 Å². The van der Waals surface area contributed by atoms with Gasteiger partial charge in [-0.15, -0.1) is 0 Å². The molecule has 1 fully saturated rings. The largest absolute Gasteiger partial charge is 0.495 e. The average Bonchev–Trinajstić information content (AvgIpc) is 2.78. The number of benzene rings is 1. The van der Waals surface area contributed by atoms with Gasteiger partial charge in [-0.2, -0.15) is 5.26 Å². The van der Waals surface area contributed by atoms with Gasteiger partial charge in [0.15, 0.2) is 0 Å². The Morgan fingerprint density at radius 2 is 1.90 bits per heavy atom. The number of nitriles is 1. The molecule has 0 unspecified atom stereocenters. The minimum absolute atomic E-state index is 0.112. The molecule has 7 nitrogen and oxygen atoms in total. The maximum absolute atomic E-state index is 12.5. The van der Waals surface area contributed by atoms with Crippen LogP contribution in [-0.4, -0.2) is 42.1 Å². The van der Waals surface area contributed by atoms with Crippen LogP contribution in [0.3, 0.4) is 0 Å². The molecule has 0 radical (unpaired) electrons. The first-order valence-corrected chi connectivity index (χ1v) is 10.4. The van der Waals surface area contributed by atoms with Gasteiger partial charge in [-0.3, -0.25) is 4.79 Å². The molecule has 7 heteroatoms. The van der Waals surface area contributed by atoms with E-state index in [4.69, 9.17) is 10.00 Å². The topological polar surface area (TPSA) is 91.1 Å². The third-order valence-corrected chi connectivity index (χ3v) is 5.74. The molecule has 2 aromatic rings. The number of carbonyl (C=O) groups is 1. The Bertz CT molecular complexity index is 912. The van der Waals surface area contributed by atoms with Crippen LogP contribution in [0.5, 0.6) is 5.75 Å². The second-order valence-electron chi connectivity index (χ2n) is 8.07. The molecule has 0 aliphatic heterocycles. The first-order valence-electron chi connectivity index (χ1n) is 10.4. The SMILES string of the molecule is COc1cc(N(C)C2CCC(NC(=O)c3cnc(C(C)C)nc3)CC2)ccc1C#N. The van der Waals surface area contributed by atoms with Gasteiger partial charge in [-0.25, -0.2) is 9.97 Å². The van der Waals surface area contributed by atoms with Crippen molar-refractivity contribution in [2.45, 2.75) is 57.5 Å². The third kappa shape index (κ3) is 4.88. The molecule has 1 aromatic carbocycles. The molecule has 0 atom stereocenters. The van der Waals surface area contributed by atoms with Crippen LogP contribution in [0.15, 0.2) is 30.6 Å². The van der Waals surface area contributed by atoms with E-state index >= 15 is 0 Å². The van der Waals surface area contributed by atoms with Gasteiger partial charge in [-0.1, -0.05) is 13.8 Å². The van der Waals surface area contributed by atoms with Crippen molar-refractivity contribution in [3.63, 3.8) is 0 Å². The molecule has 1 saturated carbocycles. The Morgan fingerprint density at radius 1 is 1.23 bits per heavy atom. The Morgan fingerprint density at radius 3 is 2.47 bits per heavy atom. The Balaban J connectivity index is 1.55. The maximum Gasteiger partial charge on any atom is 0.254 e. The van der Waals surface area contributed by atoms with Gasteiger partial charge in [0, 0.05) is 49.2 Å². The molecule has 1 aliphatic carbocycles. The molecule has 1 aromatic heterocycles. The first-order chi connectivity index (χ1) is 14.4. The molecular formula is C23H29N5O2. The number of nitrogens with one attached hydrogen (secondary N) is 1. The number of anilines is 1. The van der Waals surface area contributed by atoms with Crippen LogP contribution in [-0.2, 0) is 0 Å². The summed E-state index contributed by atoms with van der Waals surface area (Å²) < 4.78 is 5.33. The standard InChI is InChI=1S/C23H29N5O2/c1-15(2)22-25-13-17(14-26-22)23(29)27-18-6-9-19(10-7-18)28(3)20-8-5-16(12-24)21(11-20)30-4/h5,8,11,13-15,18-19H,6-7,9-10H2,1-4H3,(H,27,29). The fourth-order valence-corrected chi connectivity index (χ4v) is 3.83. The smallest absolute Gasteiger partial charge is 0.254 e. The highest BCUT2D eigenvalue weighted by atomic mass is 16.5. The van der Waals surface area contributed by atoms with Crippen LogP contribution >= 0.6 is 0 Å². The Hall–Kier alpha value is -3.14. The highest BCUT2D eigenvalue weighted by molar-refractivity contribution is 5.93. The summed E-state index contributed by atoms with van der Waals surface area (Å²) in [5, 5.41) is 12.3. The van der Waals surface area contributed by atoms with Crippen LogP contribution < -0.4 is 15.0 Å². The minimum Gasteiger partial charge on any atom is -0.495 e. The zero-order valence-electron chi connectivity index (χ0n) is 18.1. The predicted molar refractivity (Wildman–Crippen MR) is 116 cm³/mol. The predicted octanol–water partition coefficient (Wildman–Crippen LogP) is 3.66. The number of aromatic nitrogens is 2. The van der Waals surface area contributed by atoms with Gasteiger partial charge < -0.3 is 15.0 Å². The van der Waals surface area contributed by atoms with Crippen molar-refractivity contribution < 1.29 is 9.53 Å². The lowest BCUT2D eigenvalue weighted by Crippen LogP contribution is -2.43. The number of methoxy groups -OCH3 is 1. The Labute approximate surface area is 178 Å².